The second kappa shape index (κ2) is 7.01. The Balaban J connectivity index is 1.76. The first-order valence-corrected chi connectivity index (χ1v) is 7.78. The van der Waals surface area contributed by atoms with Crippen molar-refractivity contribution < 1.29 is 0 Å². The lowest BCUT2D eigenvalue weighted by molar-refractivity contribution is 0.764. The number of nitrogens with zero attached hydrogens (tertiary/aromatic N) is 3. The summed E-state index contributed by atoms with van der Waals surface area (Å²) < 4.78 is 0. The van der Waals surface area contributed by atoms with Crippen LogP contribution in [0.3, 0.4) is 0 Å². The highest BCUT2D eigenvalue weighted by Gasteiger charge is 2.08. The Morgan fingerprint density at radius 3 is 2.52 bits per heavy atom. The first kappa shape index (κ1) is 15.2. The molecule has 0 saturated carbocycles. The van der Waals surface area contributed by atoms with Gasteiger partial charge in [0.1, 0.15) is 5.82 Å². The summed E-state index contributed by atoms with van der Waals surface area (Å²) in [4.78, 5) is 13.5. The highest BCUT2D eigenvalue weighted by Crippen LogP contribution is 2.18. The van der Waals surface area contributed by atoms with Crippen LogP contribution < -0.4 is 5.32 Å². The lowest BCUT2D eigenvalue weighted by atomic mass is 10.1. The number of aromatic nitrogens is 3. The number of pyridine rings is 1. The fourth-order valence-corrected chi connectivity index (χ4v) is 2.49. The number of hydrogen-bond donors (Lipinski definition) is 1. The van der Waals surface area contributed by atoms with Crippen molar-refractivity contribution in [3.63, 3.8) is 0 Å². The van der Waals surface area contributed by atoms with Gasteiger partial charge in [-0.1, -0.05) is 36.4 Å². The van der Waals surface area contributed by atoms with E-state index in [4.69, 9.17) is 0 Å². The zero-order chi connectivity index (χ0) is 16.1. The number of benzene rings is 1. The smallest absolute Gasteiger partial charge is 0.161 e. The molecule has 0 aliphatic carbocycles. The zero-order valence-corrected chi connectivity index (χ0v) is 13.4. The number of rotatable bonds is 5. The van der Waals surface area contributed by atoms with Crippen molar-refractivity contribution >= 4 is 5.82 Å². The lowest BCUT2D eigenvalue weighted by Crippen LogP contribution is -2.19. The van der Waals surface area contributed by atoms with Crippen molar-refractivity contribution in [3.05, 3.63) is 72.2 Å². The molecule has 4 heteroatoms. The summed E-state index contributed by atoms with van der Waals surface area (Å²) in [5.41, 5.74) is 3.05. The molecule has 3 aromatic rings. The normalized spacial score (nSPS) is 11.9. The number of aryl methyl sites for hydroxylation is 1. The second-order valence-corrected chi connectivity index (χ2v) is 5.65. The summed E-state index contributed by atoms with van der Waals surface area (Å²) in [6.45, 7) is 4.12. The Bertz CT molecular complexity index is 757. The van der Waals surface area contributed by atoms with Crippen LogP contribution in [0.4, 0.5) is 5.82 Å². The summed E-state index contributed by atoms with van der Waals surface area (Å²) in [5.74, 6) is 1.60. The Hall–Kier alpha value is -2.75. The van der Waals surface area contributed by atoms with Crippen LogP contribution in [0.25, 0.3) is 11.4 Å². The van der Waals surface area contributed by atoms with Crippen molar-refractivity contribution in [3.8, 4) is 11.4 Å². The summed E-state index contributed by atoms with van der Waals surface area (Å²) in [7, 11) is 0. The van der Waals surface area contributed by atoms with Gasteiger partial charge in [-0.2, -0.15) is 0 Å². The number of anilines is 1. The third-order valence-electron chi connectivity index (χ3n) is 3.52. The van der Waals surface area contributed by atoms with Gasteiger partial charge in [0.2, 0.25) is 0 Å². The van der Waals surface area contributed by atoms with E-state index in [-0.39, 0.29) is 6.04 Å². The maximum absolute atomic E-state index is 4.64. The van der Waals surface area contributed by atoms with Crippen LogP contribution in [0, 0.1) is 6.92 Å². The Morgan fingerprint density at radius 2 is 1.78 bits per heavy atom. The SMILES string of the molecule is Cc1cc(NC(C)Cc2ccccn2)nc(-c2ccccc2)n1. The van der Waals surface area contributed by atoms with Gasteiger partial charge in [0.05, 0.1) is 0 Å². The molecule has 116 valence electrons. The topological polar surface area (TPSA) is 50.7 Å². The predicted molar refractivity (Wildman–Crippen MR) is 93.2 cm³/mol. The molecule has 2 aromatic heterocycles. The van der Waals surface area contributed by atoms with Crippen molar-refractivity contribution in [2.24, 2.45) is 0 Å². The monoisotopic (exact) mass is 304 g/mol. The molecule has 0 aliphatic heterocycles. The zero-order valence-electron chi connectivity index (χ0n) is 13.4. The van der Waals surface area contributed by atoms with Crippen LogP contribution in [0.15, 0.2) is 60.8 Å². The molecule has 1 N–H and O–H groups in total. The van der Waals surface area contributed by atoms with Gasteiger partial charge in [0, 0.05) is 41.7 Å². The van der Waals surface area contributed by atoms with Crippen LogP contribution in [0.1, 0.15) is 18.3 Å². The molecule has 1 aromatic carbocycles. The quantitative estimate of drug-likeness (QED) is 0.777. The summed E-state index contributed by atoms with van der Waals surface area (Å²) in [6.07, 6.45) is 2.68. The molecule has 1 unspecified atom stereocenters. The van der Waals surface area contributed by atoms with Gasteiger partial charge in [-0.3, -0.25) is 4.98 Å². The van der Waals surface area contributed by atoms with Gasteiger partial charge >= 0.3 is 0 Å². The molecule has 0 saturated heterocycles. The van der Waals surface area contributed by atoms with Crippen LogP contribution in [0.5, 0.6) is 0 Å². The molecule has 3 rings (SSSR count). The van der Waals surface area contributed by atoms with Crippen molar-refractivity contribution in [2.45, 2.75) is 26.3 Å². The molecule has 0 bridgehead atoms. The van der Waals surface area contributed by atoms with Crippen molar-refractivity contribution in [1.82, 2.24) is 15.0 Å². The molecule has 0 fully saturated rings. The van der Waals surface area contributed by atoms with Crippen LogP contribution in [0.2, 0.25) is 0 Å². The minimum atomic E-state index is 0.239. The van der Waals surface area contributed by atoms with E-state index in [2.05, 4.69) is 27.2 Å². The summed E-state index contributed by atoms with van der Waals surface area (Å²) in [6, 6.07) is 18.2. The minimum absolute atomic E-state index is 0.239. The van der Waals surface area contributed by atoms with Crippen LogP contribution in [-0.4, -0.2) is 21.0 Å². The minimum Gasteiger partial charge on any atom is -0.367 e. The van der Waals surface area contributed by atoms with Gasteiger partial charge in [-0.15, -0.1) is 0 Å². The number of hydrogen-bond acceptors (Lipinski definition) is 4. The predicted octanol–water partition coefficient (Wildman–Crippen LogP) is 3.89. The van der Waals surface area contributed by atoms with E-state index in [0.29, 0.717) is 0 Å². The molecule has 4 nitrogen and oxygen atoms in total. The largest absolute Gasteiger partial charge is 0.367 e. The third-order valence-corrected chi connectivity index (χ3v) is 3.52. The van der Waals surface area contributed by atoms with Gasteiger partial charge in [-0.25, -0.2) is 9.97 Å². The van der Waals surface area contributed by atoms with Gasteiger partial charge in [0.15, 0.2) is 5.82 Å². The van der Waals surface area contributed by atoms with Crippen molar-refractivity contribution in [2.75, 3.05) is 5.32 Å². The molecule has 2 heterocycles. The molecule has 0 spiro atoms. The average molecular weight is 304 g/mol. The maximum atomic E-state index is 4.64. The van der Waals surface area contributed by atoms with Gasteiger partial charge < -0.3 is 5.32 Å². The maximum Gasteiger partial charge on any atom is 0.161 e. The standard InChI is InChI=1S/C19H20N4/c1-14(12-17-10-6-7-11-20-17)21-18-13-15(2)22-19(23-18)16-8-4-3-5-9-16/h3-11,13-14H,12H2,1-2H3,(H,21,22,23). The molecule has 0 aliphatic rings. The highest BCUT2D eigenvalue weighted by atomic mass is 15.0. The molecule has 1 atom stereocenters. The molecular weight excluding hydrogens is 284 g/mol. The lowest BCUT2D eigenvalue weighted by Gasteiger charge is -2.15. The van der Waals surface area contributed by atoms with Crippen LogP contribution in [-0.2, 0) is 6.42 Å². The van der Waals surface area contributed by atoms with E-state index >= 15 is 0 Å². The highest BCUT2D eigenvalue weighted by molar-refractivity contribution is 5.57. The van der Waals surface area contributed by atoms with Crippen LogP contribution >= 0.6 is 0 Å². The third kappa shape index (κ3) is 4.13. The second-order valence-electron chi connectivity index (χ2n) is 5.65. The van der Waals surface area contributed by atoms with E-state index in [0.717, 1.165) is 35.0 Å². The fourth-order valence-electron chi connectivity index (χ4n) is 2.49. The van der Waals surface area contributed by atoms with E-state index < -0.39 is 0 Å². The molecule has 0 radical (unpaired) electrons. The molecule has 23 heavy (non-hydrogen) atoms. The summed E-state index contributed by atoms with van der Waals surface area (Å²) in [5, 5.41) is 3.45. The number of nitrogens with one attached hydrogen (secondary N) is 1. The first-order chi connectivity index (χ1) is 11.2. The van der Waals surface area contributed by atoms with E-state index in [1.165, 1.54) is 0 Å². The Kier molecular flexibility index (Phi) is 4.62. The van der Waals surface area contributed by atoms with Gasteiger partial charge in [-0.05, 0) is 26.0 Å². The van der Waals surface area contributed by atoms with E-state index in [1.807, 2.05) is 67.7 Å². The fraction of sp³-hybridized carbons (Fsp3) is 0.211. The van der Waals surface area contributed by atoms with E-state index in [1.54, 1.807) is 0 Å². The summed E-state index contributed by atoms with van der Waals surface area (Å²) >= 11 is 0. The first-order valence-electron chi connectivity index (χ1n) is 7.78. The van der Waals surface area contributed by atoms with Gasteiger partial charge in [0.25, 0.3) is 0 Å². The van der Waals surface area contributed by atoms with E-state index in [9.17, 15) is 0 Å². The molecular formula is C19H20N4. The Labute approximate surface area is 136 Å². The molecule has 0 amide bonds. The van der Waals surface area contributed by atoms with Crippen molar-refractivity contribution in [1.29, 1.82) is 0 Å². The average Bonchev–Trinajstić information content (AvgIpc) is 2.56. The Morgan fingerprint density at radius 1 is 1.00 bits per heavy atom.